The fourth-order valence-electron chi connectivity index (χ4n) is 3.17. The minimum Gasteiger partial charge on any atom is -0.497 e. The zero-order valence-electron chi connectivity index (χ0n) is 15.1. The van der Waals surface area contributed by atoms with E-state index in [4.69, 9.17) is 4.74 Å². The number of hydrogen-bond donors (Lipinski definition) is 0. The maximum Gasteiger partial charge on any atom is 0.119 e. The molecule has 2 heteroatoms. The van der Waals surface area contributed by atoms with Crippen molar-refractivity contribution in [2.75, 3.05) is 27.2 Å². The van der Waals surface area contributed by atoms with Gasteiger partial charge in [-0.05, 0) is 48.6 Å². The number of allylic oxidation sites excluding steroid dienone is 2. The maximum absolute atomic E-state index is 5.37. The molecule has 0 aliphatic rings. The molecule has 0 N–H and O–H groups in total. The van der Waals surface area contributed by atoms with Crippen LogP contribution >= 0.6 is 0 Å². The Morgan fingerprint density at radius 3 is 2.65 bits per heavy atom. The zero-order chi connectivity index (χ0) is 17.2. The van der Waals surface area contributed by atoms with Gasteiger partial charge >= 0.3 is 0 Å². The summed E-state index contributed by atoms with van der Waals surface area (Å²) in [6.07, 6.45) is 6.87. The van der Waals surface area contributed by atoms with E-state index >= 15 is 0 Å². The van der Waals surface area contributed by atoms with Crippen molar-refractivity contribution in [2.24, 2.45) is 5.92 Å². The normalized spacial score (nSPS) is 14.4. The molecule has 0 aliphatic carbocycles. The molecular weight excluding hydrogens is 282 g/mol. The second-order valence-electron chi connectivity index (χ2n) is 6.15. The molecule has 0 spiro atoms. The molecule has 2 nitrogen and oxygen atoms in total. The van der Waals surface area contributed by atoms with Crippen molar-refractivity contribution in [2.45, 2.75) is 26.2 Å². The maximum atomic E-state index is 5.37. The Morgan fingerprint density at radius 2 is 2.09 bits per heavy atom. The van der Waals surface area contributed by atoms with E-state index in [-0.39, 0.29) is 0 Å². The van der Waals surface area contributed by atoms with Crippen molar-refractivity contribution in [3.63, 3.8) is 0 Å². The van der Waals surface area contributed by atoms with Crippen LogP contribution in [0.15, 0.2) is 61.2 Å². The third kappa shape index (κ3) is 6.07. The van der Waals surface area contributed by atoms with Crippen LogP contribution in [0.3, 0.4) is 0 Å². The summed E-state index contributed by atoms with van der Waals surface area (Å²) in [5, 5.41) is 0. The number of benzene rings is 1. The highest BCUT2D eigenvalue weighted by Crippen LogP contribution is 2.30. The van der Waals surface area contributed by atoms with E-state index in [0.29, 0.717) is 11.8 Å². The summed E-state index contributed by atoms with van der Waals surface area (Å²) in [6, 6.07) is 8.46. The minimum absolute atomic E-state index is 0.531. The van der Waals surface area contributed by atoms with Crippen LogP contribution in [-0.2, 0) is 0 Å². The predicted octanol–water partition coefficient (Wildman–Crippen LogP) is 5.06. The van der Waals surface area contributed by atoms with Gasteiger partial charge in [0.05, 0.1) is 7.11 Å². The topological polar surface area (TPSA) is 12.5 Å². The van der Waals surface area contributed by atoms with Crippen molar-refractivity contribution in [1.29, 1.82) is 0 Å². The highest BCUT2D eigenvalue weighted by molar-refractivity contribution is 5.31. The van der Waals surface area contributed by atoms with E-state index in [1.165, 1.54) is 11.1 Å². The summed E-state index contributed by atoms with van der Waals surface area (Å²) in [6.45, 7) is 14.2. The van der Waals surface area contributed by atoms with Gasteiger partial charge in [-0.25, -0.2) is 0 Å². The molecule has 0 unspecified atom stereocenters. The number of likely N-dealkylation sites (N-methyl/N-ethyl adjacent to an activating group) is 1. The van der Waals surface area contributed by atoms with Gasteiger partial charge in [0.25, 0.3) is 0 Å². The third-order valence-corrected chi connectivity index (χ3v) is 4.29. The summed E-state index contributed by atoms with van der Waals surface area (Å²) in [5.74, 6) is 2.03. The Balaban J connectivity index is 2.76. The smallest absolute Gasteiger partial charge is 0.119 e. The van der Waals surface area contributed by atoms with Crippen molar-refractivity contribution in [3.8, 4) is 5.75 Å². The molecule has 0 aromatic heterocycles. The molecule has 0 heterocycles. The lowest BCUT2D eigenvalue weighted by Crippen LogP contribution is -2.29. The van der Waals surface area contributed by atoms with Crippen LogP contribution < -0.4 is 4.74 Å². The first-order chi connectivity index (χ1) is 11.0. The van der Waals surface area contributed by atoms with Crippen molar-refractivity contribution >= 4 is 0 Å². The van der Waals surface area contributed by atoms with Gasteiger partial charge in [-0.15, -0.1) is 0 Å². The first-order valence-electron chi connectivity index (χ1n) is 8.32. The van der Waals surface area contributed by atoms with Gasteiger partial charge < -0.3 is 9.64 Å². The second kappa shape index (κ2) is 10.1. The molecule has 23 heavy (non-hydrogen) atoms. The highest BCUT2D eigenvalue weighted by Gasteiger charge is 2.19. The highest BCUT2D eigenvalue weighted by atomic mass is 16.5. The number of rotatable bonds is 10. The molecule has 0 fully saturated rings. The van der Waals surface area contributed by atoms with E-state index < -0.39 is 0 Å². The Bertz CT molecular complexity index is 532. The summed E-state index contributed by atoms with van der Waals surface area (Å²) in [5.41, 5.74) is 2.56. The molecule has 0 saturated heterocycles. The van der Waals surface area contributed by atoms with Gasteiger partial charge in [0.2, 0.25) is 0 Å². The SMILES string of the molecule is C=C/C=C(\C=C)CN(C)C[C@H](C)[C@@H](CC)c1cccc(OC)c1. The van der Waals surface area contributed by atoms with Crippen LogP contribution in [0.25, 0.3) is 0 Å². The molecule has 2 atom stereocenters. The van der Waals surface area contributed by atoms with E-state index in [2.05, 4.69) is 57.2 Å². The van der Waals surface area contributed by atoms with Gasteiger partial charge in [0, 0.05) is 13.1 Å². The van der Waals surface area contributed by atoms with Gasteiger partial charge in [0.1, 0.15) is 5.75 Å². The summed E-state index contributed by atoms with van der Waals surface area (Å²) in [4.78, 5) is 2.35. The van der Waals surface area contributed by atoms with Crippen LogP contribution in [0.4, 0.5) is 0 Å². The average molecular weight is 313 g/mol. The number of ether oxygens (including phenoxy) is 1. The molecule has 1 aromatic carbocycles. The molecule has 0 amide bonds. The Labute approximate surface area is 142 Å². The second-order valence-corrected chi connectivity index (χ2v) is 6.15. The molecule has 0 saturated carbocycles. The van der Waals surface area contributed by atoms with Crippen molar-refractivity contribution in [3.05, 3.63) is 66.8 Å². The summed E-state index contributed by atoms with van der Waals surface area (Å²) >= 11 is 0. The average Bonchev–Trinajstić information content (AvgIpc) is 2.55. The zero-order valence-corrected chi connectivity index (χ0v) is 15.1. The number of hydrogen-bond acceptors (Lipinski definition) is 2. The third-order valence-electron chi connectivity index (χ3n) is 4.29. The van der Waals surface area contributed by atoms with Gasteiger partial charge in [-0.2, -0.15) is 0 Å². The predicted molar refractivity (Wildman–Crippen MR) is 101 cm³/mol. The largest absolute Gasteiger partial charge is 0.497 e. The van der Waals surface area contributed by atoms with Crippen LogP contribution in [-0.4, -0.2) is 32.1 Å². The van der Waals surface area contributed by atoms with Gasteiger partial charge in [-0.3, -0.25) is 0 Å². The summed E-state index contributed by atoms with van der Waals surface area (Å²) in [7, 11) is 3.88. The lowest BCUT2D eigenvalue weighted by molar-refractivity contribution is 0.277. The Kier molecular flexibility index (Phi) is 8.42. The van der Waals surface area contributed by atoms with Crippen molar-refractivity contribution < 1.29 is 4.74 Å². The van der Waals surface area contributed by atoms with Gasteiger partial charge in [0.15, 0.2) is 0 Å². The fourth-order valence-corrected chi connectivity index (χ4v) is 3.17. The van der Waals surface area contributed by atoms with E-state index in [0.717, 1.165) is 25.3 Å². The molecule has 1 aromatic rings. The monoisotopic (exact) mass is 313 g/mol. The number of nitrogens with zero attached hydrogens (tertiary/aromatic N) is 1. The Hall–Kier alpha value is -1.80. The van der Waals surface area contributed by atoms with Crippen LogP contribution in [0.5, 0.6) is 5.75 Å². The minimum atomic E-state index is 0.531. The summed E-state index contributed by atoms with van der Waals surface area (Å²) < 4.78 is 5.37. The molecule has 1 rings (SSSR count). The molecule has 0 aliphatic heterocycles. The first-order valence-corrected chi connectivity index (χ1v) is 8.32. The molecule has 0 bridgehead atoms. The lowest BCUT2D eigenvalue weighted by Gasteiger charge is -2.28. The van der Waals surface area contributed by atoms with Crippen molar-refractivity contribution in [1.82, 2.24) is 4.90 Å². The first kappa shape index (κ1) is 19.2. The Morgan fingerprint density at radius 1 is 1.35 bits per heavy atom. The van der Waals surface area contributed by atoms with Crippen LogP contribution in [0, 0.1) is 5.92 Å². The number of methoxy groups -OCH3 is 1. The van der Waals surface area contributed by atoms with E-state index in [9.17, 15) is 0 Å². The van der Waals surface area contributed by atoms with E-state index in [1.807, 2.05) is 24.3 Å². The van der Waals surface area contributed by atoms with E-state index in [1.54, 1.807) is 7.11 Å². The van der Waals surface area contributed by atoms with Crippen LogP contribution in [0.2, 0.25) is 0 Å². The molecule has 126 valence electrons. The fraction of sp³-hybridized carbons (Fsp3) is 0.429. The van der Waals surface area contributed by atoms with Crippen LogP contribution in [0.1, 0.15) is 31.7 Å². The molecule has 0 radical (unpaired) electrons. The standard InChI is InChI=1S/C21H31NO/c1-7-11-18(8-2)16-22(5)15-17(4)21(9-3)19-12-10-13-20(14-19)23-6/h7-8,10-14,17,21H,1-2,9,15-16H2,3-6H3/b18-11+/t17-,21+/m0/s1. The lowest BCUT2D eigenvalue weighted by atomic mass is 9.84. The van der Waals surface area contributed by atoms with Gasteiger partial charge in [-0.1, -0.05) is 57.4 Å². The quantitative estimate of drug-likeness (QED) is 0.560. The molecular formula is C21H31NO.